The number of likely N-dealkylation sites (tertiary alicyclic amines) is 1. The van der Waals surface area contributed by atoms with E-state index >= 15 is 0 Å². The summed E-state index contributed by atoms with van der Waals surface area (Å²) >= 11 is 0. The molecule has 0 bridgehead atoms. The van der Waals surface area contributed by atoms with Gasteiger partial charge in [-0.3, -0.25) is 9.48 Å². The molecule has 0 N–H and O–H groups in total. The second-order valence-electron chi connectivity index (χ2n) is 4.15. The normalized spacial score (nSPS) is 18.1. The Morgan fingerprint density at radius 2 is 2.13 bits per heavy atom. The number of carbonyl (C=O) groups is 1. The molecule has 1 atom stereocenters. The third kappa shape index (κ3) is 2.03. The minimum absolute atomic E-state index is 0.170. The molecule has 2 heterocycles. The van der Waals surface area contributed by atoms with Crippen LogP contribution in [0.5, 0.6) is 0 Å². The Balaban J connectivity index is 2.06. The molecule has 0 saturated carbocycles. The summed E-state index contributed by atoms with van der Waals surface area (Å²) in [6.07, 6.45) is 4.14. The van der Waals surface area contributed by atoms with Crippen molar-refractivity contribution in [2.24, 2.45) is 0 Å². The Bertz CT molecular complexity index is 352. The van der Waals surface area contributed by atoms with E-state index in [-0.39, 0.29) is 11.9 Å². The topological polar surface area (TPSA) is 38.1 Å². The number of nitrogens with zero attached hydrogens (tertiary/aromatic N) is 3. The lowest BCUT2D eigenvalue weighted by Crippen LogP contribution is -2.34. The Kier molecular flexibility index (Phi) is 2.75. The second-order valence-corrected chi connectivity index (χ2v) is 4.15. The largest absolute Gasteiger partial charge is 0.341 e. The van der Waals surface area contributed by atoms with Gasteiger partial charge in [-0.1, -0.05) is 0 Å². The molecule has 1 amide bonds. The van der Waals surface area contributed by atoms with Crippen molar-refractivity contribution in [2.45, 2.75) is 32.7 Å². The zero-order valence-corrected chi connectivity index (χ0v) is 9.31. The molecule has 0 aliphatic carbocycles. The fourth-order valence-corrected chi connectivity index (χ4v) is 1.96. The highest BCUT2D eigenvalue weighted by molar-refractivity contribution is 5.80. The maximum absolute atomic E-state index is 12.0. The van der Waals surface area contributed by atoms with E-state index in [2.05, 4.69) is 5.10 Å². The van der Waals surface area contributed by atoms with Crippen molar-refractivity contribution in [2.75, 3.05) is 13.1 Å². The number of rotatable bonds is 2. The first-order valence-electron chi connectivity index (χ1n) is 5.49. The predicted octanol–water partition coefficient (Wildman–Crippen LogP) is 1.37. The number of hydrogen-bond acceptors (Lipinski definition) is 2. The SMILES string of the molecule is Cc1ccn(C(C)C(=O)N2CCCC2)n1. The summed E-state index contributed by atoms with van der Waals surface area (Å²) in [6, 6.07) is 1.75. The summed E-state index contributed by atoms with van der Waals surface area (Å²) in [6.45, 7) is 5.66. The van der Waals surface area contributed by atoms with Gasteiger partial charge in [0.1, 0.15) is 6.04 Å². The number of aryl methyl sites for hydroxylation is 1. The zero-order chi connectivity index (χ0) is 10.8. The van der Waals surface area contributed by atoms with Crippen LogP contribution in [0, 0.1) is 6.92 Å². The molecule has 0 radical (unpaired) electrons. The van der Waals surface area contributed by atoms with Gasteiger partial charge in [-0.25, -0.2) is 0 Å². The minimum Gasteiger partial charge on any atom is -0.341 e. The predicted molar refractivity (Wildman–Crippen MR) is 57.5 cm³/mol. The lowest BCUT2D eigenvalue weighted by molar-refractivity contribution is -0.133. The highest BCUT2D eigenvalue weighted by Crippen LogP contribution is 2.15. The Morgan fingerprint density at radius 1 is 1.47 bits per heavy atom. The summed E-state index contributed by atoms with van der Waals surface area (Å²) < 4.78 is 1.75. The van der Waals surface area contributed by atoms with Crippen molar-refractivity contribution in [3.8, 4) is 0 Å². The molecule has 1 aromatic rings. The van der Waals surface area contributed by atoms with Crippen LogP contribution in [0.2, 0.25) is 0 Å². The molecule has 1 saturated heterocycles. The van der Waals surface area contributed by atoms with Gasteiger partial charge in [0.25, 0.3) is 0 Å². The van der Waals surface area contributed by atoms with Crippen molar-refractivity contribution in [1.82, 2.24) is 14.7 Å². The maximum atomic E-state index is 12.0. The van der Waals surface area contributed by atoms with Crippen LogP contribution >= 0.6 is 0 Å². The van der Waals surface area contributed by atoms with Gasteiger partial charge >= 0.3 is 0 Å². The van der Waals surface area contributed by atoms with Gasteiger partial charge in [0.2, 0.25) is 5.91 Å². The molecule has 1 aliphatic heterocycles. The van der Waals surface area contributed by atoms with E-state index in [1.807, 2.05) is 31.0 Å². The highest BCUT2D eigenvalue weighted by atomic mass is 16.2. The van der Waals surface area contributed by atoms with E-state index < -0.39 is 0 Å². The Labute approximate surface area is 89.9 Å². The summed E-state index contributed by atoms with van der Waals surface area (Å²) in [7, 11) is 0. The van der Waals surface area contributed by atoms with Crippen molar-refractivity contribution in [1.29, 1.82) is 0 Å². The maximum Gasteiger partial charge on any atom is 0.247 e. The van der Waals surface area contributed by atoms with Crippen LogP contribution in [0.1, 0.15) is 31.5 Å². The lowest BCUT2D eigenvalue weighted by atomic mass is 10.3. The summed E-state index contributed by atoms with van der Waals surface area (Å²) in [5.74, 6) is 0.190. The summed E-state index contributed by atoms with van der Waals surface area (Å²) in [5.41, 5.74) is 0.955. The molecular weight excluding hydrogens is 190 g/mol. The Hall–Kier alpha value is -1.32. The van der Waals surface area contributed by atoms with E-state index in [0.29, 0.717) is 0 Å². The lowest BCUT2D eigenvalue weighted by Gasteiger charge is -2.20. The van der Waals surface area contributed by atoms with Gasteiger partial charge in [-0.2, -0.15) is 5.10 Å². The molecule has 1 aromatic heterocycles. The molecule has 15 heavy (non-hydrogen) atoms. The highest BCUT2D eigenvalue weighted by Gasteiger charge is 2.24. The van der Waals surface area contributed by atoms with Gasteiger partial charge < -0.3 is 4.90 Å². The number of hydrogen-bond donors (Lipinski definition) is 0. The molecule has 1 unspecified atom stereocenters. The van der Waals surface area contributed by atoms with E-state index in [1.54, 1.807) is 4.68 Å². The van der Waals surface area contributed by atoms with Crippen LogP contribution in [0.4, 0.5) is 0 Å². The van der Waals surface area contributed by atoms with Crippen LogP contribution in [0.3, 0.4) is 0 Å². The van der Waals surface area contributed by atoms with Gasteiger partial charge in [-0.05, 0) is 32.8 Å². The van der Waals surface area contributed by atoms with Gasteiger partial charge in [0, 0.05) is 19.3 Å². The molecule has 0 aromatic carbocycles. The molecule has 0 spiro atoms. The quantitative estimate of drug-likeness (QED) is 0.734. The summed E-state index contributed by atoms with van der Waals surface area (Å²) in [5, 5.41) is 4.27. The number of carbonyl (C=O) groups excluding carboxylic acids is 1. The monoisotopic (exact) mass is 207 g/mol. The minimum atomic E-state index is -0.170. The van der Waals surface area contributed by atoms with Crippen molar-refractivity contribution < 1.29 is 4.79 Å². The first kappa shape index (κ1) is 10.2. The van der Waals surface area contributed by atoms with Crippen LogP contribution in [-0.4, -0.2) is 33.7 Å². The fraction of sp³-hybridized carbons (Fsp3) is 0.636. The van der Waals surface area contributed by atoms with Crippen LogP contribution in [0.25, 0.3) is 0 Å². The smallest absolute Gasteiger partial charge is 0.247 e. The van der Waals surface area contributed by atoms with Crippen LogP contribution in [0.15, 0.2) is 12.3 Å². The molecule has 1 aliphatic rings. The van der Waals surface area contributed by atoms with Gasteiger partial charge in [0.15, 0.2) is 0 Å². The van der Waals surface area contributed by atoms with E-state index in [9.17, 15) is 4.79 Å². The summed E-state index contributed by atoms with van der Waals surface area (Å²) in [4.78, 5) is 14.0. The molecule has 2 rings (SSSR count). The van der Waals surface area contributed by atoms with E-state index in [1.165, 1.54) is 0 Å². The van der Waals surface area contributed by atoms with Crippen molar-refractivity contribution in [3.05, 3.63) is 18.0 Å². The first-order valence-corrected chi connectivity index (χ1v) is 5.49. The Morgan fingerprint density at radius 3 is 2.67 bits per heavy atom. The van der Waals surface area contributed by atoms with Gasteiger partial charge in [-0.15, -0.1) is 0 Å². The number of amides is 1. The van der Waals surface area contributed by atoms with Crippen molar-refractivity contribution in [3.63, 3.8) is 0 Å². The van der Waals surface area contributed by atoms with E-state index in [0.717, 1.165) is 31.6 Å². The van der Waals surface area contributed by atoms with Crippen LogP contribution < -0.4 is 0 Å². The second kappa shape index (κ2) is 4.04. The zero-order valence-electron chi connectivity index (χ0n) is 9.31. The molecular formula is C11H17N3O. The van der Waals surface area contributed by atoms with Crippen molar-refractivity contribution >= 4 is 5.91 Å². The average molecular weight is 207 g/mol. The first-order chi connectivity index (χ1) is 7.18. The van der Waals surface area contributed by atoms with E-state index in [4.69, 9.17) is 0 Å². The van der Waals surface area contributed by atoms with Crippen LogP contribution in [-0.2, 0) is 4.79 Å². The number of aromatic nitrogens is 2. The molecule has 82 valence electrons. The standard InChI is InChI=1S/C11H17N3O/c1-9-5-8-14(12-9)10(2)11(15)13-6-3-4-7-13/h5,8,10H,3-4,6-7H2,1-2H3. The fourth-order valence-electron chi connectivity index (χ4n) is 1.96. The van der Waals surface area contributed by atoms with Gasteiger partial charge in [0.05, 0.1) is 5.69 Å². The molecule has 1 fully saturated rings. The molecule has 4 nitrogen and oxygen atoms in total. The third-order valence-electron chi connectivity index (χ3n) is 2.91. The molecule has 4 heteroatoms. The third-order valence-corrected chi connectivity index (χ3v) is 2.91. The average Bonchev–Trinajstić information content (AvgIpc) is 2.85.